The first-order chi connectivity index (χ1) is 9.24. The molecule has 1 aromatic carbocycles. The first kappa shape index (κ1) is 12.6. The molecule has 2 heteroatoms. The molecular formula is C17H22N2. The predicted molar refractivity (Wildman–Crippen MR) is 80.5 cm³/mol. The maximum atomic E-state index is 4.69. The molecule has 0 spiro atoms. The van der Waals surface area contributed by atoms with E-state index < -0.39 is 0 Å². The average molecular weight is 254 g/mol. The van der Waals surface area contributed by atoms with Gasteiger partial charge in [-0.15, -0.1) is 0 Å². The topological polar surface area (TPSA) is 24.9 Å². The SMILES string of the molecule is Cc1ccc2cc(CC3CCCNC3)cnc2c1C. The van der Waals surface area contributed by atoms with Gasteiger partial charge in [-0.25, -0.2) is 0 Å². The Morgan fingerprint density at radius 1 is 1.32 bits per heavy atom. The van der Waals surface area contributed by atoms with Crippen molar-refractivity contribution in [3.05, 3.63) is 41.1 Å². The first-order valence-corrected chi connectivity index (χ1v) is 7.29. The second-order valence-corrected chi connectivity index (χ2v) is 5.84. The van der Waals surface area contributed by atoms with Crippen LogP contribution >= 0.6 is 0 Å². The number of aryl methyl sites for hydroxylation is 2. The van der Waals surface area contributed by atoms with Crippen molar-refractivity contribution in [2.45, 2.75) is 33.1 Å². The molecule has 2 heterocycles. The van der Waals surface area contributed by atoms with Crippen LogP contribution in [0.5, 0.6) is 0 Å². The van der Waals surface area contributed by atoms with E-state index in [1.54, 1.807) is 0 Å². The van der Waals surface area contributed by atoms with Crippen LogP contribution in [0.3, 0.4) is 0 Å². The molecule has 1 fully saturated rings. The number of hydrogen-bond acceptors (Lipinski definition) is 2. The van der Waals surface area contributed by atoms with Crippen LogP contribution in [0.4, 0.5) is 0 Å². The Morgan fingerprint density at radius 3 is 3.00 bits per heavy atom. The highest BCUT2D eigenvalue weighted by Crippen LogP contribution is 2.22. The van der Waals surface area contributed by atoms with E-state index in [0.717, 1.165) is 24.4 Å². The van der Waals surface area contributed by atoms with Gasteiger partial charge in [0.25, 0.3) is 0 Å². The lowest BCUT2D eigenvalue weighted by Gasteiger charge is -2.22. The average Bonchev–Trinajstić information content (AvgIpc) is 2.44. The lowest BCUT2D eigenvalue weighted by atomic mass is 9.92. The number of hydrogen-bond donors (Lipinski definition) is 1. The van der Waals surface area contributed by atoms with Gasteiger partial charge in [0, 0.05) is 11.6 Å². The van der Waals surface area contributed by atoms with Gasteiger partial charge in [0.1, 0.15) is 0 Å². The fraction of sp³-hybridized carbons (Fsp3) is 0.471. The predicted octanol–water partition coefficient (Wildman–Crippen LogP) is 3.39. The summed E-state index contributed by atoms with van der Waals surface area (Å²) >= 11 is 0. The van der Waals surface area contributed by atoms with E-state index >= 15 is 0 Å². The smallest absolute Gasteiger partial charge is 0.0733 e. The summed E-state index contributed by atoms with van der Waals surface area (Å²) in [6.07, 6.45) is 5.88. The van der Waals surface area contributed by atoms with Crippen molar-refractivity contribution in [1.82, 2.24) is 10.3 Å². The van der Waals surface area contributed by atoms with E-state index in [1.165, 1.54) is 41.5 Å². The van der Waals surface area contributed by atoms with E-state index in [4.69, 9.17) is 0 Å². The molecule has 3 rings (SSSR count). The molecule has 19 heavy (non-hydrogen) atoms. The van der Waals surface area contributed by atoms with Gasteiger partial charge in [-0.1, -0.05) is 12.1 Å². The van der Waals surface area contributed by atoms with Crippen LogP contribution in [0.2, 0.25) is 0 Å². The fourth-order valence-electron chi connectivity index (χ4n) is 3.04. The molecule has 1 aliphatic rings. The van der Waals surface area contributed by atoms with Crippen molar-refractivity contribution in [2.24, 2.45) is 5.92 Å². The Bertz CT molecular complexity index is 583. The molecule has 1 aliphatic heterocycles. The highest BCUT2D eigenvalue weighted by Gasteiger charge is 2.14. The summed E-state index contributed by atoms with van der Waals surface area (Å²) in [7, 11) is 0. The molecule has 2 nitrogen and oxygen atoms in total. The summed E-state index contributed by atoms with van der Waals surface area (Å²) in [5.41, 5.74) is 5.17. The van der Waals surface area contributed by atoms with Crippen molar-refractivity contribution in [3.63, 3.8) is 0 Å². The van der Waals surface area contributed by atoms with Gasteiger partial charge >= 0.3 is 0 Å². The number of fused-ring (bicyclic) bond motifs is 1. The summed E-state index contributed by atoms with van der Waals surface area (Å²) in [6.45, 7) is 6.66. The third-order valence-corrected chi connectivity index (χ3v) is 4.36. The Balaban J connectivity index is 1.87. The van der Waals surface area contributed by atoms with Crippen LogP contribution in [-0.2, 0) is 6.42 Å². The summed E-state index contributed by atoms with van der Waals surface area (Å²) in [6, 6.07) is 6.72. The zero-order valence-corrected chi connectivity index (χ0v) is 11.9. The van der Waals surface area contributed by atoms with Crippen LogP contribution in [0.15, 0.2) is 24.4 Å². The van der Waals surface area contributed by atoms with E-state index in [0.29, 0.717) is 0 Å². The quantitative estimate of drug-likeness (QED) is 0.888. The molecule has 1 aromatic heterocycles. The Morgan fingerprint density at radius 2 is 2.21 bits per heavy atom. The van der Waals surface area contributed by atoms with Gasteiger partial charge in [0.05, 0.1) is 5.52 Å². The molecule has 0 bridgehead atoms. The molecule has 1 unspecified atom stereocenters. The third kappa shape index (κ3) is 2.64. The first-order valence-electron chi connectivity index (χ1n) is 7.29. The summed E-state index contributed by atoms with van der Waals surface area (Å²) in [5.74, 6) is 0.777. The minimum absolute atomic E-state index is 0.777. The van der Waals surface area contributed by atoms with Gasteiger partial charge in [-0.05, 0) is 74.9 Å². The highest BCUT2D eigenvalue weighted by molar-refractivity contribution is 5.83. The maximum Gasteiger partial charge on any atom is 0.0733 e. The molecule has 1 atom stereocenters. The zero-order valence-electron chi connectivity index (χ0n) is 11.9. The molecule has 2 aromatic rings. The molecule has 1 saturated heterocycles. The summed E-state index contributed by atoms with van der Waals surface area (Å²) < 4.78 is 0. The third-order valence-electron chi connectivity index (χ3n) is 4.36. The van der Waals surface area contributed by atoms with Crippen LogP contribution in [0.1, 0.15) is 29.5 Å². The number of pyridine rings is 1. The monoisotopic (exact) mass is 254 g/mol. The minimum Gasteiger partial charge on any atom is -0.316 e. The van der Waals surface area contributed by atoms with Gasteiger partial charge < -0.3 is 5.32 Å². The number of nitrogens with zero attached hydrogens (tertiary/aromatic N) is 1. The Kier molecular flexibility index (Phi) is 3.52. The molecule has 100 valence electrons. The van der Waals surface area contributed by atoms with Crippen molar-refractivity contribution in [3.8, 4) is 0 Å². The van der Waals surface area contributed by atoms with Crippen molar-refractivity contribution < 1.29 is 0 Å². The lowest BCUT2D eigenvalue weighted by molar-refractivity contribution is 0.376. The van der Waals surface area contributed by atoms with Gasteiger partial charge in [-0.2, -0.15) is 0 Å². The molecule has 0 aliphatic carbocycles. The van der Waals surface area contributed by atoms with Crippen molar-refractivity contribution in [2.75, 3.05) is 13.1 Å². The number of nitrogens with one attached hydrogen (secondary N) is 1. The second-order valence-electron chi connectivity index (χ2n) is 5.84. The van der Waals surface area contributed by atoms with Crippen LogP contribution in [0, 0.1) is 19.8 Å². The molecule has 1 N–H and O–H groups in total. The Hall–Kier alpha value is -1.41. The van der Waals surface area contributed by atoms with E-state index in [9.17, 15) is 0 Å². The van der Waals surface area contributed by atoms with E-state index in [1.807, 2.05) is 0 Å². The lowest BCUT2D eigenvalue weighted by Crippen LogP contribution is -2.30. The molecular weight excluding hydrogens is 232 g/mol. The van der Waals surface area contributed by atoms with E-state index in [-0.39, 0.29) is 0 Å². The zero-order chi connectivity index (χ0) is 13.2. The normalized spacial score (nSPS) is 19.8. The number of aromatic nitrogens is 1. The largest absolute Gasteiger partial charge is 0.316 e. The fourth-order valence-corrected chi connectivity index (χ4v) is 3.04. The van der Waals surface area contributed by atoms with E-state index in [2.05, 4.69) is 48.5 Å². The highest BCUT2D eigenvalue weighted by atomic mass is 14.9. The van der Waals surface area contributed by atoms with Crippen LogP contribution in [0.25, 0.3) is 10.9 Å². The molecule has 0 radical (unpaired) electrons. The van der Waals surface area contributed by atoms with Crippen molar-refractivity contribution in [1.29, 1.82) is 0 Å². The van der Waals surface area contributed by atoms with Gasteiger partial charge in [-0.3, -0.25) is 4.98 Å². The number of piperidine rings is 1. The standard InChI is InChI=1S/C17H22N2/c1-12-5-6-16-9-15(11-19-17(16)13(12)2)8-14-4-3-7-18-10-14/h5-6,9,11,14,18H,3-4,7-8,10H2,1-2H3. The number of rotatable bonds is 2. The van der Waals surface area contributed by atoms with Gasteiger partial charge in [0.2, 0.25) is 0 Å². The summed E-state index contributed by atoms with van der Waals surface area (Å²) in [5, 5.41) is 4.77. The van der Waals surface area contributed by atoms with Crippen molar-refractivity contribution >= 4 is 10.9 Å². The second kappa shape index (κ2) is 5.30. The summed E-state index contributed by atoms with van der Waals surface area (Å²) in [4.78, 5) is 4.69. The van der Waals surface area contributed by atoms with Crippen LogP contribution in [-0.4, -0.2) is 18.1 Å². The Labute approximate surface area is 115 Å². The number of benzene rings is 1. The molecule has 0 amide bonds. The maximum absolute atomic E-state index is 4.69. The van der Waals surface area contributed by atoms with Gasteiger partial charge in [0.15, 0.2) is 0 Å². The minimum atomic E-state index is 0.777. The molecule has 0 saturated carbocycles. The van der Waals surface area contributed by atoms with Crippen LogP contribution < -0.4 is 5.32 Å².